The molecule has 1 aliphatic heterocycles. The van der Waals surface area contributed by atoms with E-state index in [9.17, 15) is 14.7 Å². The highest BCUT2D eigenvalue weighted by atomic mass is 16.6. The normalized spacial score (nSPS) is 30.9. The van der Waals surface area contributed by atoms with Crippen LogP contribution in [0.25, 0.3) is 0 Å². The summed E-state index contributed by atoms with van der Waals surface area (Å²) in [4.78, 5) is 25.0. The Balaban J connectivity index is 2.07. The summed E-state index contributed by atoms with van der Waals surface area (Å²) in [5, 5.41) is 9.34. The van der Waals surface area contributed by atoms with Gasteiger partial charge in [0.25, 0.3) is 0 Å². The Morgan fingerprint density at radius 2 is 1.89 bits per heavy atom. The number of ether oxygens (including phenoxy) is 1. The number of carboxylic acid groups (broad SMARTS) is 1. The van der Waals surface area contributed by atoms with E-state index in [1.807, 2.05) is 20.8 Å². The lowest BCUT2D eigenvalue weighted by Crippen LogP contribution is -2.50. The molecule has 0 spiro atoms. The largest absolute Gasteiger partial charge is 0.481 e. The summed E-state index contributed by atoms with van der Waals surface area (Å²) in [6.07, 6.45) is 2.68. The Hall–Kier alpha value is -1.26. The summed E-state index contributed by atoms with van der Waals surface area (Å²) in [6.45, 7) is 6.39. The molecular formula is C14H23NO4. The van der Waals surface area contributed by atoms with Gasteiger partial charge in [-0.15, -0.1) is 0 Å². The summed E-state index contributed by atoms with van der Waals surface area (Å²) < 4.78 is 5.35. The van der Waals surface area contributed by atoms with Gasteiger partial charge in [0, 0.05) is 13.1 Å². The van der Waals surface area contributed by atoms with Crippen LogP contribution in [-0.4, -0.2) is 40.8 Å². The van der Waals surface area contributed by atoms with Crippen molar-refractivity contribution in [1.82, 2.24) is 4.90 Å². The lowest BCUT2D eigenvalue weighted by Gasteiger charge is -2.39. The molecule has 0 radical (unpaired) electrons. The number of likely N-dealkylation sites (tertiary alicyclic amines) is 1. The van der Waals surface area contributed by atoms with E-state index in [-0.39, 0.29) is 18.6 Å². The summed E-state index contributed by atoms with van der Waals surface area (Å²) >= 11 is 0. The van der Waals surface area contributed by atoms with Crippen LogP contribution in [0.5, 0.6) is 0 Å². The van der Waals surface area contributed by atoms with Crippen LogP contribution in [0.2, 0.25) is 0 Å². The topological polar surface area (TPSA) is 66.8 Å². The average molecular weight is 269 g/mol. The molecule has 1 N–H and O–H groups in total. The van der Waals surface area contributed by atoms with E-state index in [2.05, 4.69) is 0 Å². The van der Waals surface area contributed by atoms with Gasteiger partial charge in [-0.25, -0.2) is 4.79 Å². The van der Waals surface area contributed by atoms with Crippen molar-refractivity contribution in [3.63, 3.8) is 0 Å². The number of amides is 1. The molecule has 1 aliphatic carbocycles. The molecule has 1 amide bonds. The van der Waals surface area contributed by atoms with Crippen molar-refractivity contribution in [2.75, 3.05) is 13.1 Å². The zero-order valence-electron chi connectivity index (χ0n) is 11.9. The first-order chi connectivity index (χ1) is 8.78. The number of carbonyl (C=O) groups excluding carboxylic acids is 1. The van der Waals surface area contributed by atoms with Gasteiger partial charge in [0.15, 0.2) is 0 Å². The van der Waals surface area contributed by atoms with Crippen molar-refractivity contribution >= 4 is 12.1 Å². The molecule has 3 atom stereocenters. The van der Waals surface area contributed by atoms with Crippen molar-refractivity contribution in [2.24, 2.45) is 17.8 Å². The molecule has 2 fully saturated rings. The van der Waals surface area contributed by atoms with Gasteiger partial charge in [0.05, 0.1) is 5.92 Å². The number of carboxylic acids is 1. The smallest absolute Gasteiger partial charge is 0.410 e. The van der Waals surface area contributed by atoms with E-state index in [1.165, 1.54) is 0 Å². The van der Waals surface area contributed by atoms with Crippen molar-refractivity contribution < 1.29 is 19.4 Å². The molecule has 3 unspecified atom stereocenters. The Bertz CT molecular complexity index is 374. The van der Waals surface area contributed by atoms with E-state index < -0.39 is 17.5 Å². The van der Waals surface area contributed by atoms with Crippen molar-refractivity contribution in [3.05, 3.63) is 0 Å². The number of aliphatic carboxylic acids is 1. The third-order valence-electron chi connectivity index (χ3n) is 4.08. The molecule has 2 rings (SSSR count). The third kappa shape index (κ3) is 3.19. The molecule has 1 saturated heterocycles. The van der Waals surface area contributed by atoms with Gasteiger partial charge < -0.3 is 14.7 Å². The van der Waals surface area contributed by atoms with Gasteiger partial charge in [0.1, 0.15) is 5.60 Å². The number of hydrogen-bond acceptors (Lipinski definition) is 3. The Morgan fingerprint density at radius 1 is 1.21 bits per heavy atom. The molecule has 5 nitrogen and oxygen atoms in total. The Kier molecular flexibility index (Phi) is 3.74. The summed E-state index contributed by atoms with van der Waals surface area (Å²) in [5.74, 6) is -0.669. The van der Waals surface area contributed by atoms with Crippen LogP contribution >= 0.6 is 0 Å². The van der Waals surface area contributed by atoms with E-state index in [1.54, 1.807) is 4.90 Å². The number of rotatable bonds is 1. The van der Waals surface area contributed by atoms with Crippen molar-refractivity contribution in [3.8, 4) is 0 Å². The first-order valence-corrected chi connectivity index (χ1v) is 6.98. The molecule has 0 aromatic heterocycles. The van der Waals surface area contributed by atoms with Crippen LogP contribution < -0.4 is 0 Å². The van der Waals surface area contributed by atoms with Gasteiger partial charge in [-0.2, -0.15) is 0 Å². The maximum absolute atomic E-state index is 12.1. The highest BCUT2D eigenvalue weighted by Gasteiger charge is 2.44. The minimum atomic E-state index is -0.787. The van der Waals surface area contributed by atoms with Gasteiger partial charge in [-0.1, -0.05) is 6.42 Å². The van der Waals surface area contributed by atoms with Crippen molar-refractivity contribution in [1.29, 1.82) is 0 Å². The zero-order chi connectivity index (χ0) is 14.2. The Morgan fingerprint density at radius 3 is 2.47 bits per heavy atom. The quantitative estimate of drug-likeness (QED) is 0.793. The number of piperidine rings is 1. The molecule has 19 heavy (non-hydrogen) atoms. The summed E-state index contributed by atoms with van der Waals surface area (Å²) in [7, 11) is 0. The first-order valence-electron chi connectivity index (χ1n) is 6.98. The molecule has 0 aromatic carbocycles. The summed E-state index contributed by atoms with van der Waals surface area (Å²) in [5.41, 5.74) is -0.539. The fourth-order valence-electron chi connectivity index (χ4n) is 3.29. The van der Waals surface area contributed by atoms with Crippen LogP contribution in [-0.2, 0) is 9.53 Å². The monoisotopic (exact) mass is 269 g/mol. The lowest BCUT2D eigenvalue weighted by molar-refractivity contribution is -0.146. The molecule has 5 heteroatoms. The molecule has 108 valence electrons. The van der Waals surface area contributed by atoms with Crippen molar-refractivity contribution in [2.45, 2.75) is 45.6 Å². The molecule has 1 heterocycles. The molecule has 0 bridgehead atoms. The van der Waals surface area contributed by atoms with E-state index in [4.69, 9.17) is 4.74 Å². The second-order valence-electron chi connectivity index (χ2n) is 6.68. The number of fused-ring (bicyclic) bond motifs is 1. The molecule has 1 saturated carbocycles. The highest BCUT2D eigenvalue weighted by molar-refractivity contribution is 5.74. The molecular weight excluding hydrogens is 246 g/mol. The number of carbonyl (C=O) groups is 2. The van der Waals surface area contributed by atoms with Crippen LogP contribution in [0.1, 0.15) is 40.0 Å². The minimum Gasteiger partial charge on any atom is -0.481 e. The van der Waals surface area contributed by atoms with Gasteiger partial charge >= 0.3 is 12.1 Å². The first kappa shape index (κ1) is 14.2. The fraction of sp³-hybridized carbons (Fsp3) is 0.857. The zero-order valence-corrected chi connectivity index (χ0v) is 11.9. The van der Waals surface area contributed by atoms with Crippen LogP contribution in [0.3, 0.4) is 0 Å². The second kappa shape index (κ2) is 5.02. The molecule has 0 aromatic rings. The second-order valence-corrected chi connectivity index (χ2v) is 6.68. The number of hydrogen-bond donors (Lipinski definition) is 1. The summed E-state index contributed by atoms with van der Waals surface area (Å²) in [6, 6.07) is 0. The fourth-order valence-corrected chi connectivity index (χ4v) is 3.29. The van der Waals surface area contributed by atoms with Crippen LogP contribution in [0.4, 0.5) is 4.79 Å². The maximum Gasteiger partial charge on any atom is 0.410 e. The van der Waals surface area contributed by atoms with Gasteiger partial charge in [-0.05, 0) is 45.4 Å². The predicted octanol–water partition coefficient (Wildman–Crippen LogP) is 2.35. The third-order valence-corrected chi connectivity index (χ3v) is 4.08. The SMILES string of the molecule is CC(C)(C)OC(=O)N1CC2CCCC2C(C(=O)O)C1. The Labute approximate surface area is 113 Å². The minimum absolute atomic E-state index is 0.233. The van der Waals surface area contributed by atoms with Crippen LogP contribution in [0.15, 0.2) is 0 Å². The predicted molar refractivity (Wildman–Crippen MR) is 69.8 cm³/mol. The van der Waals surface area contributed by atoms with E-state index in [0.29, 0.717) is 12.5 Å². The highest BCUT2D eigenvalue weighted by Crippen LogP contribution is 2.41. The molecule has 2 aliphatic rings. The van der Waals surface area contributed by atoms with E-state index in [0.717, 1.165) is 19.3 Å². The van der Waals surface area contributed by atoms with E-state index >= 15 is 0 Å². The average Bonchev–Trinajstić information content (AvgIpc) is 2.72. The lowest BCUT2D eigenvalue weighted by atomic mass is 9.80. The maximum atomic E-state index is 12.1. The standard InChI is InChI=1S/C14H23NO4/c1-14(2,3)19-13(18)15-7-9-5-4-6-10(9)11(8-15)12(16)17/h9-11H,4-8H2,1-3H3,(H,16,17). The van der Waals surface area contributed by atoms with Gasteiger partial charge in [0.2, 0.25) is 0 Å². The van der Waals surface area contributed by atoms with Crippen LogP contribution in [0, 0.1) is 17.8 Å². The van der Waals surface area contributed by atoms with Gasteiger partial charge in [-0.3, -0.25) is 4.79 Å². The number of nitrogens with zero attached hydrogens (tertiary/aromatic N) is 1.